The van der Waals surface area contributed by atoms with Crippen molar-refractivity contribution in [3.8, 4) is 0 Å². The molecule has 23 heavy (non-hydrogen) atoms. The minimum Gasteiger partial charge on any atom is -0.460 e. The van der Waals surface area contributed by atoms with Crippen LogP contribution >= 0.6 is 0 Å². The second-order valence-electron chi connectivity index (χ2n) is 6.58. The van der Waals surface area contributed by atoms with E-state index in [1.807, 2.05) is 30.3 Å². The number of hydrogen-bond acceptors (Lipinski definition) is 4. The Hall–Kier alpha value is -1.39. The topological polar surface area (TPSA) is 58.6 Å². The van der Waals surface area contributed by atoms with Gasteiger partial charge in [-0.25, -0.2) is 0 Å². The van der Waals surface area contributed by atoms with Gasteiger partial charge in [-0.15, -0.1) is 0 Å². The fourth-order valence-electron chi connectivity index (χ4n) is 3.06. The molecule has 0 bridgehead atoms. The summed E-state index contributed by atoms with van der Waals surface area (Å²) in [6.07, 6.45) is 4.41. The maximum atomic E-state index is 12.5. The summed E-state index contributed by atoms with van der Waals surface area (Å²) in [4.78, 5) is 12.5. The summed E-state index contributed by atoms with van der Waals surface area (Å²) >= 11 is 0. The molecule has 1 aliphatic rings. The number of ether oxygens (including phenoxy) is 1. The Kier molecular flexibility index (Phi) is 7.06. The van der Waals surface area contributed by atoms with Gasteiger partial charge in [-0.05, 0) is 24.3 Å². The average molecular weight is 319 g/mol. The highest BCUT2D eigenvalue weighted by atomic mass is 16.5. The third-order valence-electron chi connectivity index (χ3n) is 4.81. The molecule has 0 amide bonds. The first-order chi connectivity index (χ1) is 11.1. The lowest BCUT2D eigenvalue weighted by atomic mass is 9.90. The van der Waals surface area contributed by atoms with Crippen molar-refractivity contribution in [2.24, 2.45) is 5.92 Å². The maximum absolute atomic E-state index is 12.5. The Morgan fingerprint density at radius 1 is 1.30 bits per heavy atom. The van der Waals surface area contributed by atoms with Gasteiger partial charge in [-0.1, -0.05) is 63.4 Å². The number of benzene rings is 1. The molecule has 4 heteroatoms. The van der Waals surface area contributed by atoms with Gasteiger partial charge < -0.3 is 9.84 Å². The molecule has 1 saturated carbocycles. The van der Waals surface area contributed by atoms with Crippen LogP contribution < -0.4 is 5.32 Å². The summed E-state index contributed by atoms with van der Waals surface area (Å²) in [5.74, 6) is -0.0478. The predicted molar refractivity (Wildman–Crippen MR) is 90.9 cm³/mol. The zero-order valence-electron chi connectivity index (χ0n) is 14.2. The third-order valence-corrected chi connectivity index (χ3v) is 4.81. The lowest BCUT2D eigenvalue weighted by Gasteiger charge is -2.33. The average Bonchev–Trinajstić information content (AvgIpc) is 2.59. The van der Waals surface area contributed by atoms with Gasteiger partial charge in [-0.2, -0.15) is 0 Å². The van der Waals surface area contributed by atoms with Crippen LogP contribution in [0.1, 0.15) is 51.5 Å². The van der Waals surface area contributed by atoms with E-state index in [1.54, 1.807) is 0 Å². The molecule has 0 aliphatic heterocycles. The van der Waals surface area contributed by atoms with Gasteiger partial charge in [-0.3, -0.25) is 10.1 Å². The van der Waals surface area contributed by atoms with E-state index in [2.05, 4.69) is 19.2 Å². The van der Waals surface area contributed by atoms with E-state index >= 15 is 0 Å². The first kappa shape index (κ1) is 18.0. The van der Waals surface area contributed by atoms with Crippen LogP contribution in [0.3, 0.4) is 0 Å². The molecule has 1 aliphatic carbocycles. The van der Waals surface area contributed by atoms with Crippen LogP contribution in [0.25, 0.3) is 0 Å². The zero-order valence-corrected chi connectivity index (χ0v) is 14.2. The number of aliphatic hydroxyl groups is 1. The number of hydrogen-bond donors (Lipinski definition) is 2. The number of carbonyl (C=O) groups excluding carboxylic acids is 1. The van der Waals surface area contributed by atoms with Gasteiger partial charge in [0.15, 0.2) is 0 Å². The number of esters is 1. The van der Waals surface area contributed by atoms with Crippen LogP contribution in [-0.4, -0.2) is 29.3 Å². The number of nitrogens with one attached hydrogen (secondary N) is 1. The van der Waals surface area contributed by atoms with Gasteiger partial charge in [0.25, 0.3) is 0 Å². The quantitative estimate of drug-likeness (QED) is 0.759. The van der Waals surface area contributed by atoms with Gasteiger partial charge in [0.1, 0.15) is 12.6 Å². The van der Waals surface area contributed by atoms with E-state index in [0.29, 0.717) is 6.61 Å². The molecule has 0 spiro atoms. The SMILES string of the molecule is CC[C@H](C)[C@H](NC1CCCCC1O)C(=O)OCc1ccccc1. The second kappa shape index (κ2) is 9.04. The molecule has 2 N–H and O–H groups in total. The smallest absolute Gasteiger partial charge is 0.323 e. The van der Waals surface area contributed by atoms with E-state index in [-0.39, 0.29) is 30.1 Å². The van der Waals surface area contributed by atoms with Crippen LogP contribution in [0, 0.1) is 5.92 Å². The monoisotopic (exact) mass is 319 g/mol. The van der Waals surface area contributed by atoms with Crippen LogP contribution in [0.5, 0.6) is 0 Å². The molecule has 1 aromatic carbocycles. The molecule has 0 heterocycles. The Balaban J connectivity index is 1.95. The maximum Gasteiger partial charge on any atom is 0.323 e. The second-order valence-corrected chi connectivity index (χ2v) is 6.58. The summed E-state index contributed by atoms with van der Waals surface area (Å²) in [5, 5.41) is 13.5. The summed E-state index contributed by atoms with van der Waals surface area (Å²) < 4.78 is 5.51. The molecular weight excluding hydrogens is 290 g/mol. The molecule has 4 atom stereocenters. The van der Waals surface area contributed by atoms with Crippen molar-refractivity contribution in [1.82, 2.24) is 5.32 Å². The van der Waals surface area contributed by atoms with Gasteiger partial charge in [0.05, 0.1) is 6.10 Å². The molecular formula is C19H29NO3. The molecule has 0 radical (unpaired) electrons. The number of aliphatic hydroxyl groups excluding tert-OH is 1. The van der Waals surface area contributed by atoms with Crippen molar-refractivity contribution >= 4 is 5.97 Å². The van der Waals surface area contributed by atoms with Gasteiger partial charge in [0.2, 0.25) is 0 Å². The fourth-order valence-corrected chi connectivity index (χ4v) is 3.06. The van der Waals surface area contributed by atoms with Gasteiger partial charge in [0, 0.05) is 6.04 Å². The van der Waals surface area contributed by atoms with Crippen molar-refractivity contribution in [2.75, 3.05) is 0 Å². The Labute approximate surface area is 139 Å². The van der Waals surface area contributed by atoms with E-state index in [9.17, 15) is 9.90 Å². The largest absolute Gasteiger partial charge is 0.460 e. The molecule has 4 nitrogen and oxygen atoms in total. The van der Waals surface area contributed by atoms with Crippen LogP contribution in [0.4, 0.5) is 0 Å². The van der Waals surface area contributed by atoms with Gasteiger partial charge >= 0.3 is 5.97 Å². The van der Waals surface area contributed by atoms with Crippen molar-refractivity contribution < 1.29 is 14.6 Å². The first-order valence-electron chi connectivity index (χ1n) is 8.76. The van der Waals surface area contributed by atoms with E-state index < -0.39 is 0 Å². The number of rotatable bonds is 7. The first-order valence-corrected chi connectivity index (χ1v) is 8.76. The minimum atomic E-state index is -0.364. The van der Waals surface area contributed by atoms with E-state index in [4.69, 9.17) is 4.74 Å². The predicted octanol–water partition coefficient (Wildman–Crippen LogP) is 3.04. The molecule has 0 aromatic heterocycles. The lowest BCUT2D eigenvalue weighted by molar-refractivity contribution is -0.149. The van der Waals surface area contributed by atoms with E-state index in [0.717, 1.165) is 37.7 Å². The van der Waals surface area contributed by atoms with Crippen LogP contribution in [-0.2, 0) is 16.1 Å². The molecule has 2 rings (SSSR count). The molecule has 0 saturated heterocycles. The summed E-state index contributed by atoms with van der Waals surface area (Å²) in [6.45, 7) is 4.42. The molecule has 2 unspecified atom stereocenters. The zero-order chi connectivity index (χ0) is 16.7. The van der Waals surface area contributed by atoms with Crippen LogP contribution in [0.15, 0.2) is 30.3 Å². The highest BCUT2D eigenvalue weighted by Gasteiger charge is 2.31. The van der Waals surface area contributed by atoms with Crippen molar-refractivity contribution in [3.63, 3.8) is 0 Å². The molecule has 1 aromatic rings. The minimum absolute atomic E-state index is 0.00738. The normalized spacial score (nSPS) is 24.0. The third kappa shape index (κ3) is 5.33. The Morgan fingerprint density at radius 2 is 2.00 bits per heavy atom. The Bertz CT molecular complexity index is 477. The number of carbonyl (C=O) groups is 1. The highest BCUT2D eigenvalue weighted by Crippen LogP contribution is 2.21. The Morgan fingerprint density at radius 3 is 2.65 bits per heavy atom. The summed E-state index contributed by atoms with van der Waals surface area (Å²) in [7, 11) is 0. The van der Waals surface area contributed by atoms with Crippen molar-refractivity contribution in [1.29, 1.82) is 0 Å². The van der Waals surface area contributed by atoms with Crippen LogP contribution in [0.2, 0.25) is 0 Å². The standard InChI is InChI=1S/C19H29NO3/c1-3-14(2)18(20-16-11-7-8-12-17(16)21)19(22)23-13-15-9-5-4-6-10-15/h4-6,9-10,14,16-18,20-21H,3,7-8,11-13H2,1-2H3/t14-,16?,17?,18-/m0/s1. The summed E-state index contributed by atoms with van der Waals surface area (Å²) in [5.41, 5.74) is 0.987. The van der Waals surface area contributed by atoms with Crippen molar-refractivity contribution in [2.45, 2.75) is 70.7 Å². The van der Waals surface area contributed by atoms with Crippen molar-refractivity contribution in [3.05, 3.63) is 35.9 Å². The molecule has 128 valence electrons. The fraction of sp³-hybridized carbons (Fsp3) is 0.632. The summed E-state index contributed by atoms with van der Waals surface area (Å²) in [6, 6.07) is 9.35. The lowest BCUT2D eigenvalue weighted by Crippen LogP contribution is -2.52. The molecule has 1 fully saturated rings. The highest BCUT2D eigenvalue weighted by molar-refractivity contribution is 5.76. The van der Waals surface area contributed by atoms with E-state index in [1.165, 1.54) is 0 Å².